The van der Waals surface area contributed by atoms with Gasteiger partial charge in [-0.15, -0.1) is 0 Å². The highest BCUT2D eigenvalue weighted by atomic mass is 16.3. The molecule has 3 nitrogen and oxygen atoms in total. The van der Waals surface area contributed by atoms with E-state index < -0.39 is 0 Å². The van der Waals surface area contributed by atoms with E-state index in [1.54, 1.807) is 0 Å². The van der Waals surface area contributed by atoms with E-state index in [4.69, 9.17) is 0 Å². The Balaban J connectivity index is 2.10. The Morgan fingerprint density at radius 3 is 2.30 bits per heavy atom. The highest BCUT2D eigenvalue weighted by Crippen LogP contribution is 2.31. The molecule has 112 valence electrons. The first-order valence-corrected chi connectivity index (χ1v) is 7.59. The Hall–Kier alpha value is -0.900. The van der Waals surface area contributed by atoms with Crippen molar-refractivity contribution in [2.75, 3.05) is 33.3 Å². The van der Waals surface area contributed by atoms with Gasteiger partial charge in [0.2, 0.25) is 0 Å². The SMILES string of the molecule is CNC(CO)(CN1CCC(C)(C)CC1)c1ccccc1. The number of likely N-dealkylation sites (tertiary alicyclic amines) is 1. The summed E-state index contributed by atoms with van der Waals surface area (Å²) < 4.78 is 0. The summed E-state index contributed by atoms with van der Waals surface area (Å²) >= 11 is 0. The Labute approximate surface area is 123 Å². The summed E-state index contributed by atoms with van der Waals surface area (Å²) in [5.74, 6) is 0. The second kappa shape index (κ2) is 6.25. The van der Waals surface area contributed by atoms with Crippen LogP contribution in [0.3, 0.4) is 0 Å². The molecule has 2 rings (SSSR count). The predicted molar refractivity (Wildman–Crippen MR) is 83.7 cm³/mol. The molecular formula is C17H28N2O. The molecule has 1 aromatic carbocycles. The van der Waals surface area contributed by atoms with E-state index in [-0.39, 0.29) is 12.1 Å². The highest BCUT2D eigenvalue weighted by Gasteiger charge is 2.34. The normalized spacial score (nSPS) is 22.4. The van der Waals surface area contributed by atoms with Crippen LogP contribution in [0.15, 0.2) is 30.3 Å². The fraction of sp³-hybridized carbons (Fsp3) is 0.647. The molecule has 0 amide bonds. The standard InChI is InChI=1S/C17H28N2O/c1-16(2)9-11-19(12-10-16)13-17(14-20,18-3)15-7-5-4-6-8-15/h4-8,18,20H,9-14H2,1-3H3. The van der Waals surface area contributed by atoms with Gasteiger partial charge in [0.15, 0.2) is 0 Å². The zero-order valence-electron chi connectivity index (χ0n) is 13.0. The van der Waals surface area contributed by atoms with Crippen molar-refractivity contribution in [3.05, 3.63) is 35.9 Å². The summed E-state index contributed by atoms with van der Waals surface area (Å²) in [7, 11) is 1.94. The number of rotatable bonds is 5. The lowest BCUT2D eigenvalue weighted by molar-refractivity contribution is 0.0713. The molecule has 0 saturated carbocycles. The Morgan fingerprint density at radius 1 is 1.20 bits per heavy atom. The third-order valence-corrected chi connectivity index (χ3v) is 4.78. The lowest BCUT2D eigenvalue weighted by Gasteiger charge is -2.42. The molecular weight excluding hydrogens is 248 g/mol. The summed E-state index contributed by atoms with van der Waals surface area (Å²) in [6.45, 7) is 7.90. The molecule has 1 fully saturated rings. The smallest absolute Gasteiger partial charge is 0.0795 e. The van der Waals surface area contributed by atoms with Gasteiger partial charge in [-0.1, -0.05) is 44.2 Å². The average molecular weight is 276 g/mol. The molecule has 0 spiro atoms. The van der Waals surface area contributed by atoms with Gasteiger partial charge in [-0.25, -0.2) is 0 Å². The molecule has 0 aromatic heterocycles. The minimum atomic E-state index is -0.358. The largest absolute Gasteiger partial charge is 0.394 e. The molecule has 2 N–H and O–H groups in total. The molecule has 20 heavy (non-hydrogen) atoms. The number of hydrogen-bond donors (Lipinski definition) is 2. The maximum Gasteiger partial charge on any atom is 0.0795 e. The van der Waals surface area contributed by atoms with E-state index in [2.05, 4.69) is 36.2 Å². The van der Waals surface area contributed by atoms with Crippen molar-refractivity contribution >= 4 is 0 Å². The molecule has 3 heteroatoms. The summed E-state index contributed by atoms with van der Waals surface area (Å²) in [4.78, 5) is 2.48. The van der Waals surface area contributed by atoms with Crippen molar-refractivity contribution in [1.82, 2.24) is 10.2 Å². The molecule has 1 aliphatic heterocycles. The molecule has 0 bridgehead atoms. The maximum absolute atomic E-state index is 9.97. The second-order valence-electron chi connectivity index (χ2n) is 6.80. The van der Waals surface area contributed by atoms with Crippen molar-refractivity contribution in [1.29, 1.82) is 0 Å². The average Bonchev–Trinajstić information content (AvgIpc) is 2.48. The Morgan fingerprint density at radius 2 is 1.80 bits per heavy atom. The van der Waals surface area contributed by atoms with Crippen LogP contribution in [0.2, 0.25) is 0 Å². The van der Waals surface area contributed by atoms with Crippen molar-refractivity contribution in [2.45, 2.75) is 32.2 Å². The first kappa shape index (κ1) is 15.5. The third kappa shape index (κ3) is 3.40. The van der Waals surface area contributed by atoms with Gasteiger partial charge in [0.05, 0.1) is 12.1 Å². The first-order chi connectivity index (χ1) is 9.51. The van der Waals surface area contributed by atoms with Crippen LogP contribution in [-0.4, -0.2) is 43.3 Å². The van der Waals surface area contributed by atoms with Gasteiger partial charge in [-0.2, -0.15) is 0 Å². The third-order valence-electron chi connectivity index (χ3n) is 4.78. The van der Waals surface area contributed by atoms with Gasteiger partial charge >= 0.3 is 0 Å². The number of nitrogens with one attached hydrogen (secondary N) is 1. The summed E-state index contributed by atoms with van der Waals surface area (Å²) in [6, 6.07) is 10.3. The summed E-state index contributed by atoms with van der Waals surface area (Å²) in [5, 5.41) is 13.3. The zero-order chi connectivity index (χ0) is 14.6. The predicted octanol–water partition coefficient (Wildman–Crippen LogP) is 2.22. The van der Waals surface area contributed by atoms with Gasteiger partial charge in [0.25, 0.3) is 0 Å². The molecule has 1 unspecified atom stereocenters. The lowest BCUT2D eigenvalue weighted by Crippen LogP contribution is -2.54. The van der Waals surface area contributed by atoms with Crippen LogP contribution in [0, 0.1) is 5.41 Å². The van der Waals surface area contributed by atoms with Gasteiger partial charge in [0.1, 0.15) is 0 Å². The number of piperidine rings is 1. The quantitative estimate of drug-likeness (QED) is 0.865. The van der Waals surface area contributed by atoms with Crippen molar-refractivity contribution < 1.29 is 5.11 Å². The zero-order valence-corrected chi connectivity index (χ0v) is 13.0. The van der Waals surface area contributed by atoms with Gasteiger partial charge in [-0.3, -0.25) is 0 Å². The van der Waals surface area contributed by atoms with Crippen LogP contribution >= 0.6 is 0 Å². The van der Waals surface area contributed by atoms with Crippen LogP contribution in [0.1, 0.15) is 32.3 Å². The fourth-order valence-electron chi connectivity index (χ4n) is 2.99. The van der Waals surface area contributed by atoms with Crippen molar-refractivity contribution in [3.63, 3.8) is 0 Å². The summed E-state index contributed by atoms with van der Waals surface area (Å²) in [5.41, 5.74) is 1.27. The highest BCUT2D eigenvalue weighted by molar-refractivity contribution is 5.25. The van der Waals surface area contributed by atoms with Crippen LogP contribution in [-0.2, 0) is 5.54 Å². The lowest BCUT2D eigenvalue weighted by atomic mass is 9.81. The van der Waals surface area contributed by atoms with Gasteiger partial charge < -0.3 is 15.3 Å². The number of aliphatic hydroxyl groups is 1. The minimum absolute atomic E-state index is 0.118. The van der Waals surface area contributed by atoms with Crippen LogP contribution in [0.5, 0.6) is 0 Å². The minimum Gasteiger partial charge on any atom is -0.394 e. The molecule has 0 radical (unpaired) electrons. The first-order valence-electron chi connectivity index (χ1n) is 7.59. The topological polar surface area (TPSA) is 35.5 Å². The fourth-order valence-corrected chi connectivity index (χ4v) is 2.99. The Bertz CT molecular complexity index is 402. The molecule has 1 aliphatic rings. The molecule has 1 heterocycles. The number of nitrogens with zero attached hydrogens (tertiary/aromatic N) is 1. The Kier molecular flexibility index (Phi) is 4.84. The van der Waals surface area contributed by atoms with Crippen molar-refractivity contribution in [2.24, 2.45) is 5.41 Å². The second-order valence-corrected chi connectivity index (χ2v) is 6.80. The summed E-state index contributed by atoms with van der Waals surface area (Å²) in [6.07, 6.45) is 2.46. The van der Waals surface area contributed by atoms with Crippen LogP contribution in [0.4, 0.5) is 0 Å². The number of aliphatic hydroxyl groups excluding tert-OH is 1. The molecule has 0 aliphatic carbocycles. The number of benzene rings is 1. The van der Waals surface area contributed by atoms with E-state index in [1.165, 1.54) is 12.8 Å². The van der Waals surface area contributed by atoms with E-state index in [9.17, 15) is 5.11 Å². The van der Waals surface area contributed by atoms with E-state index in [1.807, 2.05) is 25.2 Å². The maximum atomic E-state index is 9.97. The van der Waals surface area contributed by atoms with Gasteiger partial charge in [-0.05, 0) is 44.0 Å². The van der Waals surface area contributed by atoms with E-state index in [0.717, 1.165) is 25.2 Å². The van der Waals surface area contributed by atoms with Crippen LogP contribution < -0.4 is 5.32 Å². The monoisotopic (exact) mass is 276 g/mol. The molecule has 1 aromatic rings. The van der Waals surface area contributed by atoms with Crippen LogP contribution in [0.25, 0.3) is 0 Å². The van der Waals surface area contributed by atoms with E-state index >= 15 is 0 Å². The number of likely N-dealkylation sites (N-methyl/N-ethyl adjacent to an activating group) is 1. The molecule has 1 atom stereocenters. The molecule has 1 saturated heterocycles. The number of hydrogen-bond acceptors (Lipinski definition) is 3. The van der Waals surface area contributed by atoms with Gasteiger partial charge in [0, 0.05) is 6.54 Å². The van der Waals surface area contributed by atoms with E-state index in [0.29, 0.717) is 5.41 Å². The van der Waals surface area contributed by atoms with Crippen molar-refractivity contribution in [3.8, 4) is 0 Å².